The molecule has 0 aromatic heterocycles. The van der Waals surface area contributed by atoms with Gasteiger partial charge in [0.15, 0.2) is 5.96 Å². The molecule has 0 amide bonds. The van der Waals surface area contributed by atoms with Gasteiger partial charge in [-0.1, -0.05) is 42.5 Å². The number of benzene rings is 2. The molecule has 5 nitrogen and oxygen atoms in total. The number of likely N-dealkylation sites (N-methyl/N-ethyl adjacent to an activating group) is 1. The van der Waals surface area contributed by atoms with E-state index in [9.17, 15) is 13.2 Å². The lowest BCUT2D eigenvalue weighted by molar-refractivity contribution is -0.274. The minimum atomic E-state index is -4.69. The monoisotopic (exact) mass is 380 g/mol. The Labute approximate surface area is 156 Å². The van der Waals surface area contributed by atoms with Crippen LogP contribution in [0.5, 0.6) is 5.75 Å². The summed E-state index contributed by atoms with van der Waals surface area (Å²) in [5.41, 5.74) is 7.79. The highest BCUT2D eigenvalue weighted by atomic mass is 19.4. The molecule has 0 bridgehead atoms. The highest BCUT2D eigenvalue weighted by Gasteiger charge is 2.30. The van der Waals surface area contributed by atoms with Crippen molar-refractivity contribution in [3.05, 3.63) is 65.7 Å². The van der Waals surface area contributed by atoms with E-state index in [1.807, 2.05) is 25.2 Å². The molecule has 0 heterocycles. The van der Waals surface area contributed by atoms with Crippen LogP contribution < -0.4 is 15.8 Å². The van der Waals surface area contributed by atoms with Crippen LogP contribution in [0.2, 0.25) is 0 Å². The number of aliphatic imine (C=N–C) groups is 1. The van der Waals surface area contributed by atoms with E-state index in [0.717, 1.165) is 18.7 Å². The van der Waals surface area contributed by atoms with E-state index in [2.05, 4.69) is 32.1 Å². The number of nitrogens with one attached hydrogen (secondary N) is 1. The Balaban J connectivity index is 1.71. The number of hydrogen-bond acceptors (Lipinski definition) is 3. The number of ether oxygens (including phenoxy) is 1. The normalized spacial score (nSPS) is 12.3. The summed E-state index contributed by atoms with van der Waals surface area (Å²) in [6.07, 6.45) is -4.69. The minimum Gasteiger partial charge on any atom is -0.406 e. The van der Waals surface area contributed by atoms with Gasteiger partial charge in [-0.15, -0.1) is 13.2 Å². The molecule has 0 unspecified atom stereocenters. The van der Waals surface area contributed by atoms with Crippen LogP contribution >= 0.6 is 0 Å². The second-order valence-electron chi connectivity index (χ2n) is 6.04. The van der Waals surface area contributed by atoms with E-state index in [-0.39, 0.29) is 12.3 Å². The molecule has 0 saturated heterocycles. The van der Waals surface area contributed by atoms with Crippen molar-refractivity contribution >= 4 is 5.96 Å². The lowest BCUT2D eigenvalue weighted by atomic mass is 10.2. The molecule has 0 atom stereocenters. The third-order valence-corrected chi connectivity index (χ3v) is 3.68. The molecule has 2 rings (SSSR count). The number of halogens is 3. The highest BCUT2D eigenvalue weighted by molar-refractivity contribution is 5.77. The van der Waals surface area contributed by atoms with E-state index in [0.29, 0.717) is 12.5 Å². The average molecular weight is 380 g/mol. The molecule has 0 aliphatic rings. The second-order valence-corrected chi connectivity index (χ2v) is 6.04. The van der Waals surface area contributed by atoms with Crippen molar-refractivity contribution in [3.8, 4) is 5.75 Å². The fourth-order valence-electron chi connectivity index (χ4n) is 2.38. The smallest absolute Gasteiger partial charge is 0.406 e. The van der Waals surface area contributed by atoms with Gasteiger partial charge in [0.05, 0.1) is 6.54 Å². The van der Waals surface area contributed by atoms with E-state index < -0.39 is 6.36 Å². The predicted molar refractivity (Wildman–Crippen MR) is 99.2 cm³/mol. The molecule has 0 saturated carbocycles. The van der Waals surface area contributed by atoms with Crippen LogP contribution in [0.25, 0.3) is 0 Å². The zero-order valence-corrected chi connectivity index (χ0v) is 15.0. The number of guanidine groups is 1. The fraction of sp³-hybridized carbons (Fsp3) is 0.316. The third kappa shape index (κ3) is 8.46. The van der Waals surface area contributed by atoms with E-state index in [1.54, 1.807) is 0 Å². The van der Waals surface area contributed by atoms with Crippen molar-refractivity contribution in [2.45, 2.75) is 19.5 Å². The number of nitrogens with two attached hydrogens (primary N) is 1. The van der Waals surface area contributed by atoms with Gasteiger partial charge in [-0.25, -0.2) is 4.99 Å². The topological polar surface area (TPSA) is 62.9 Å². The van der Waals surface area contributed by atoms with Crippen molar-refractivity contribution in [1.29, 1.82) is 0 Å². The maximum Gasteiger partial charge on any atom is 0.573 e. The summed E-state index contributed by atoms with van der Waals surface area (Å²) in [4.78, 5) is 6.34. The number of rotatable bonds is 8. The molecule has 0 aliphatic heterocycles. The van der Waals surface area contributed by atoms with Gasteiger partial charge in [-0.05, 0) is 30.3 Å². The van der Waals surface area contributed by atoms with E-state index >= 15 is 0 Å². The molecule has 8 heteroatoms. The molecule has 0 radical (unpaired) electrons. The molecule has 3 N–H and O–H groups in total. The Morgan fingerprint density at radius 3 is 2.37 bits per heavy atom. The Bertz CT molecular complexity index is 718. The molecule has 2 aromatic carbocycles. The van der Waals surface area contributed by atoms with Crippen LogP contribution in [-0.4, -0.2) is 37.4 Å². The Hall–Kier alpha value is -2.74. The van der Waals surface area contributed by atoms with Gasteiger partial charge >= 0.3 is 6.36 Å². The van der Waals surface area contributed by atoms with Gasteiger partial charge in [0.1, 0.15) is 5.75 Å². The van der Waals surface area contributed by atoms with Crippen LogP contribution in [0.1, 0.15) is 11.1 Å². The van der Waals surface area contributed by atoms with Crippen molar-refractivity contribution in [2.75, 3.05) is 20.1 Å². The first kappa shape index (κ1) is 20.6. The fourth-order valence-corrected chi connectivity index (χ4v) is 2.38. The van der Waals surface area contributed by atoms with Gasteiger partial charge in [-0.2, -0.15) is 0 Å². The highest BCUT2D eigenvalue weighted by Crippen LogP contribution is 2.22. The number of alkyl halides is 3. The Morgan fingerprint density at radius 2 is 1.74 bits per heavy atom. The van der Waals surface area contributed by atoms with Gasteiger partial charge in [0.2, 0.25) is 0 Å². The molecule has 0 aliphatic carbocycles. The van der Waals surface area contributed by atoms with Crippen LogP contribution in [0, 0.1) is 0 Å². The standard InChI is InChI=1S/C19H23F3N4O/c1-26(14-16-5-3-2-4-6-16)12-11-24-18(23)25-13-15-7-9-17(10-8-15)27-19(20,21)22/h2-10H,11-14H2,1H3,(H3,23,24,25). The molecule has 27 heavy (non-hydrogen) atoms. The van der Waals surface area contributed by atoms with Crippen LogP contribution in [-0.2, 0) is 13.1 Å². The third-order valence-electron chi connectivity index (χ3n) is 3.68. The minimum absolute atomic E-state index is 0.261. The summed E-state index contributed by atoms with van der Waals surface area (Å²) in [6.45, 7) is 2.53. The zero-order chi connectivity index (χ0) is 19.7. The number of hydrogen-bond donors (Lipinski definition) is 2. The molecule has 2 aromatic rings. The zero-order valence-electron chi connectivity index (χ0n) is 15.0. The number of nitrogens with zero attached hydrogens (tertiary/aromatic N) is 2. The molecular weight excluding hydrogens is 357 g/mol. The van der Waals surface area contributed by atoms with E-state index in [1.165, 1.54) is 29.8 Å². The largest absolute Gasteiger partial charge is 0.573 e. The SMILES string of the molecule is CN(CCNC(N)=NCc1ccc(OC(F)(F)F)cc1)Cc1ccccc1. The summed E-state index contributed by atoms with van der Waals surface area (Å²) in [5, 5.41) is 3.02. The van der Waals surface area contributed by atoms with Crippen LogP contribution in [0.15, 0.2) is 59.6 Å². The summed E-state index contributed by atoms with van der Waals surface area (Å²) < 4.78 is 40.2. The lowest BCUT2D eigenvalue weighted by Gasteiger charge is -2.17. The predicted octanol–water partition coefficient (Wildman–Crippen LogP) is 3.12. The maximum absolute atomic E-state index is 12.1. The van der Waals surface area contributed by atoms with E-state index in [4.69, 9.17) is 5.73 Å². The van der Waals surface area contributed by atoms with Crippen molar-refractivity contribution in [2.24, 2.45) is 10.7 Å². The Morgan fingerprint density at radius 1 is 1.07 bits per heavy atom. The molecule has 0 spiro atoms. The average Bonchev–Trinajstić information content (AvgIpc) is 2.61. The molecule has 146 valence electrons. The maximum atomic E-state index is 12.1. The van der Waals surface area contributed by atoms with Gasteiger partial charge in [0, 0.05) is 19.6 Å². The summed E-state index contributed by atoms with van der Waals surface area (Å²) in [7, 11) is 2.02. The van der Waals surface area contributed by atoms with Crippen LogP contribution in [0.3, 0.4) is 0 Å². The molecule has 0 fully saturated rings. The van der Waals surface area contributed by atoms with Crippen molar-refractivity contribution < 1.29 is 17.9 Å². The second kappa shape index (κ2) is 9.82. The van der Waals surface area contributed by atoms with Gasteiger partial charge < -0.3 is 20.7 Å². The summed E-state index contributed by atoms with van der Waals surface area (Å²) >= 11 is 0. The van der Waals surface area contributed by atoms with Crippen LogP contribution in [0.4, 0.5) is 13.2 Å². The first-order valence-electron chi connectivity index (χ1n) is 8.43. The summed E-state index contributed by atoms with van der Waals surface area (Å²) in [6, 6.07) is 15.7. The first-order chi connectivity index (χ1) is 12.8. The summed E-state index contributed by atoms with van der Waals surface area (Å²) in [5.74, 6) is 0.0292. The van der Waals surface area contributed by atoms with Crippen molar-refractivity contribution in [1.82, 2.24) is 10.2 Å². The molecular formula is C19H23F3N4O. The first-order valence-corrected chi connectivity index (χ1v) is 8.43. The van der Waals surface area contributed by atoms with Gasteiger partial charge in [0.25, 0.3) is 0 Å². The van der Waals surface area contributed by atoms with Gasteiger partial charge in [-0.3, -0.25) is 0 Å². The van der Waals surface area contributed by atoms with Crippen molar-refractivity contribution in [3.63, 3.8) is 0 Å². The Kier molecular flexibility index (Phi) is 7.48. The quantitative estimate of drug-likeness (QED) is 0.546. The lowest BCUT2D eigenvalue weighted by Crippen LogP contribution is -2.37.